The summed E-state index contributed by atoms with van der Waals surface area (Å²) in [7, 11) is 0. The van der Waals surface area contributed by atoms with E-state index in [1.54, 1.807) is 6.33 Å². The number of hydrogen-bond acceptors (Lipinski definition) is 3. The van der Waals surface area contributed by atoms with E-state index in [9.17, 15) is 0 Å². The summed E-state index contributed by atoms with van der Waals surface area (Å²) < 4.78 is 6.09. The molecule has 0 bridgehead atoms. The molecule has 0 radical (unpaired) electrons. The quantitative estimate of drug-likeness (QED) is 0.512. The predicted molar refractivity (Wildman–Crippen MR) is 92.2 cm³/mol. The smallest absolute Gasteiger partial charge is 0.179 e. The Labute approximate surface area is 134 Å². The van der Waals surface area contributed by atoms with Crippen molar-refractivity contribution in [1.29, 1.82) is 0 Å². The van der Waals surface area contributed by atoms with Crippen molar-refractivity contribution in [2.45, 2.75) is 13.8 Å². The second-order valence-corrected chi connectivity index (χ2v) is 5.79. The molecule has 2 aromatic carbocycles. The van der Waals surface area contributed by atoms with Crippen LogP contribution < -0.4 is 0 Å². The van der Waals surface area contributed by atoms with Crippen LogP contribution in [0.3, 0.4) is 0 Å². The van der Waals surface area contributed by atoms with E-state index >= 15 is 0 Å². The number of rotatable bonds is 2. The third-order valence-electron chi connectivity index (χ3n) is 3.86. The van der Waals surface area contributed by atoms with Gasteiger partial charge in [-0.3, -0.25) is 0 Å². The van der Waals surface area contributed by atoms with Crippen LogP contribution in [0.5, 0.6) is 0 Å². The van der Waals surface area contributed by atoms with Crippen LogP contribution in [0.4, 0.5) is 0 Å². The van der Waals surface area contributed by atoms with Crippen LogP contribution >= 0.6 is 0 Å². The number of aromatic nitrogens is 2. The molecule has 0 unspecified atom stereocenters. The first-order chi connectivity index (χ1) is 11.2. The van der Waals surface area contributed by atoms with E-state index in [1.807, 2.05) is 36.4 Å². The highest BCUT2D eigenvalue weighted by molar-refractivity contribution is 5.90. The standard InChI is InChI=1S/C20H16N2O/c1-13-8-14(2)10-16(9-13)19-20-17(21-12-22-19)11-18(23-20)15-6-4-3-5-7-15/h3-12H,1-2H3. The number of furan rings is 1. The van der Waals surface area contributed by atoms with Gasteiger partial charge in [0.2, 0.25) is 0 Å². The molecule has 0 saturated carbocycles. The van der Waals surface area contributed by atoms with Crippen LogP contribution in [0.25, 0.3) is 33.7 Å². The molecule has 0 aliphatic carbocycles. The number of benzene rings is 2. The van der Waals surface area contributed by atoms with E-state index in [0.29, 0.717) is 0 Å². The van der Waals surface area contributed by atoms with Gasteiger partial charge in [0, 0.05) is 17.2 Å². The minimum atomic E-state index is 0.733. The summed E-state index contributed by atoms with van der Waals surface area (Å²) in [6.45, 7) is 4.18. The summed E-state index contributed by atoms with van der Waals surface area (Å²) in [5, 5.41) is 0. The van der Waals surface area contributed by atoms with E-state index in [4.69, 9.17) is 4.42 Å². The van der Waals surface area contributed by atoms with Gasteiger partial charge in [-0.15, -0.1) is 0 Å². The van der Waals surface area contributed by atoms with Crippen molar-refractivity contribution in [2.24, 2.45) is 0 Å². The first kappa shape index (κ1) is 13.7. The minimum absolute atomic E-state index is 0.733. The number of hydrogen-bond donors (Lipinski definition) is 0. The molecular weight excluding hydrogens is 284 g/mol. The fraction of sp³-hybridized carbons (Fsp3) is 0.100. The van der Waals surface area contributed by atoms with E-state index < -0.39 is 0 Å². The Balaban J connectivity index is 1.93. The molecule has 4 aromatic rings. The molecule has 2 aromatic heterocycles. The third-order valence-corrected chi connectivity index (χ3v) is 3.86. The third kappa shape index (κ3) is 2.50. The van der Waals surface area contributed by atoms with Gasteiger partial charge in [-0.1, -0.05) is 47.5 Å². The maximum atomic E-state index is 6.09. The van der Waals surface area contributed by atoms with Gasteiger partial charge in [-0.05, 0) is 26.0 Å². The van der Waals surface area contributed by atoms with E-state index in [-0.39, 0.29) is 0 Å². The second kappa shape index (κ2) is 5.36. The van der Waals surface area contributed by atoms with E-state index in [2.05, 4.69) is 42.0 Å². The Hall–Kier alpha value is -2.94. The topological polar surface area (TPSA) is 38.9 Å². The lowest BCUT2D eigenvalue weighted by atomic mass is 10.0. The highest BCUT2D eigenvalue weighted by Gasteiger charge is 2.13. The normalized spacial score (nSPS) is 11.0. The van der Waals surface area contributed by atoms with Crippen LogP contribution in [0.1, 0.15) is 11.1 Å². The molecule has 0 aliphatic heterocycles. The van der Waals surface area contributed by atoms with Crippen molar-refractivity contribution in [3.05, 3.63) is 72.1 Å². The average molecular weight is 300 g/mol. The first-order valence-electron chi connectivity index (χ1n) is 7.59. The van der Waals surface area contributed by atoms with Crippen LogP contribution in [0.2, 0.25) is 0 Å². The molecule has 0 fully saturated rings. The van der Waals surface area contributed by atoms with Gasteiger partial charge in [-0.2, -0.15) is 0 Å². The molecule has 0 N–H and O–H groups in total. The Morgan fingerprint density at radius 3 is 2.26 bits per heavy atom. The summed E-state index contributed by atoms with van der Waals surface area (Å²) in [6, 6.07) is 18.4. The summed E-state index contributed by atoms with van der Waals surface area (Å²) in [5.41, 5.74) is 6.91. The van der Waals surface area contributed by atoms with Crippen LogP contribution in [-0.4, -0.2) is 9.97 Å². The SMILES string of the molecule is Cc1cc(C)cc(-c2ncnc3cc(-c4ccccc4)oc23)c1. The zero-order valence-electron chi connectivity index (χ0n) is 13.1. The lowest BCUT2D eigenvalue weighted by Gasteiger charge is -2.04. The Morgan fingerprint density at radius 2 is 1.52 bits per heavy atom. The zero-order chi connectivity index (χ0) is 15.8. The van der Waals surface area contributed by atoms with Crippen molar-refractivity contribution in [3.63, 3.8) is 0 Å². The minimum Gasteiger partial charge on any atom is -0.452 e. The fourth-order valence-electron chi connectivity index (χ4n) is 2.92. The maximum absolute atomic E-state index is 6.09. The first-order valence-corrected chi connectivity index (χ1v) is 7.59. The van der Waals surface area contributed by atoms with E-state index in [0.717, 1.165) is 33.7 Å². The average Bonchev–Trinajstić information content (AvgIpc) is 2.99. The Bertz CT molecular complexity index is 967. The van der Waals surface area contributed by atoms with Crippen molar-refractivity contribution in [1.82, 2.24) is 9.97 Å². The van der Waals surface area contributed by atoms with Gasteiger partial charge in [0.15, 0.2) is 5.58 Å². The Morgan fingerprint density at radius 1 is 0.783 bits per heavy atom. The molecule has 23 heavy (non-hydrogen) atoms. The molecule has 3 heteroatoms. The highest BCUT2D eigenvalue weighted by atomic mass is 16.3. The van der Waals surface area contributed by atoms with E-state index in [1.165, 1.54) is 11.1 Å². The number of aryl methyl sites for hydroxylation is 2. The molecule has 0 amide bonds. The molecule has 112 valence electrons. The predicted octanol–water partition coefficient (Wildman–Crippen LogP) is 5.17. The van der Waals surface area contributed by atoms with Crippen molar-refractivity contribution < 1.29 is 4.42 Å². The largest absolute Gasteiger partial charge is 0.452 e. The lowest BCUT2D eigenvalue weighted by molar-refractivity contribution is 0.630. The molecule has 0 atom stereocenters. The monoisotopic (exact) mass is 300 g/mol. The van der Waals surface area contributed by atoms with Gasteiger partial charge >= 0.3 is 0 Å². The van der Waals surface area contributed by atoms with Gasteiger partial charge in [0.25, 0.3) is 0 Å². The van der Waals surface area contributed by atoms with Gasteiger partial charge in [0.1, 0.15) is 23.3 Å². The molecular formula is C20H16N2O. The highest BCUT2D eigenvalue weighted by Crippen LogP contribution is 2.32. The lowest BCUT2D eigenvalue weighted by Crippen LogP contribution is -1.88. The molecule has 3 nitrogen and oxygen atoms in total. The van der Waals surface area contributed by atoms with Crippen LogP contribution in [0.15, 0.2) is 65.3 Å². The summed E-state index contributed by atoms with van der Waals surface area (Å²) >= 11 is 0. The molecule has 2 heterocycles. The zero-order valence-corrected chi connectivity index (χ0v) is 13.1. The van der Waals surface area contributed by atoms with Gasteiger partial charge in [0.05, 0.1) is 0 Å². The molecule has 0 saturated heterocycles. The summed E-state index contributed by atoms with van der Waals surface area (Å²) in [5.74, 6) is 0.812. The van der Waals surface area contributed by atoms with Gasteiger partial charge in [-0.25, -0.2) is 9.97 Å². The summed E-state index contributed by atoms with van der Waals surface area (Å²) in [6.07, 6.45) is 1.60. The second-order valence-electron chi connectivity index (χ2n) is 5.79. The molecule has 4 rings (SSSR count). The van der Waals surface area contributed by atoms with Crippen molar-refractivity contribution in [3.8, 4) is 22.6 Å². The molecule has 0 spiro atoms. The Kier molecular flexibility index (Phi) is 3.19. The van der Waals surface area contributed by atoms with Crippen molar-refractivity contribution in [2.75, 3.05) is 0 Å². The number of fused-ring (bicyclic) bond motifs is 1. The summed E-state index contributed by atoms with van der Waals surface area (Å²) in [4.78, 5) is 8.82. The number of nitrogens with zero attached hydrogens (tertiary/aromatic N) is 2. The van der Waals surface area contributed by atoms with Gasteiger partial charge < -0.3 is 4.42 Å². The fourth-order valence-corrected chi connectivity index (χ4v) is 2.92. The van der Waals surface area contributed by atoms with Crippen LogP contribution in [-0.2, 0) is 0 Å². The van der Waals surface area contributed by atoms with Crippen molar-refractivity contribution >= 4 is 11.1 Å². The maximum Gasteiger partial charge on any atom is 0.179 e. The molecule has 0 aliphatic rings. The van der Waals surface area contributed by atoms with Crippen LogP contribution in [0, 0.1) is 13.8 Å².